The molecule has 0 aromatic heterocycles. The summed E-state index contributed by atoms with van der Waals surface area (Å²) in [6, 6.07) is 8.73. The molecule has 0 N–H and O–H groups in total. The van der Waals surface area contributed by atoms with Gasteiger partial charge in [0.25, 0.3) is 0 Å². The fraction of sp³-hybridized carbons (Fsp3) is 0.250. The van der Waals surface area contributed by atoms with Gasteiger partial charge in [-0.05, 0) is 23.0 Å². The van der Waals surface area contributed by atoms with Gasteiger partial charge < -0.3 is 24.8 Å². The summed E-state index contributed by atoms with van der Waals surface area (Å²) in [4.78, 5) is 0. The minimum Gasteiger partial charge on any atom is -1.00 e. The molecule has 0 bridgehead atoms. The Morgan fingerprint density at radius 1 is 0.947 bits per heavy atom. The number of allylic oxidation sites excluding steroid dienone is 5. The number of hydrogen-bond acceptors (Lipinski definition) is 0. The molecule has 2 unspecified atom stereocenters. The second-order valence-corrected chi connectivity index (χ2v) is 4.72. The van der Waals surface area contributed by atoms with E-state index in [2.05, 4.69) is 67.6 Å². The third kappa shape index (κ3) is 3.72. The Kier molecular flexibility index (Phi) is 8.21. The molecule has 98 valence electrons. The van der Waals surface area contributed by atoms with Crippen LogP contribution in [0.2, 0.25) is 0 Å². The monoisotopic (exact) mass is 368 g/mol. The fourth-order valence-corrected chi connectivity index (χ4v) is 2.77. The molecule has 0 saturated carbocycles. The first-order valence-corrected chi connectivity index (χ1v) is 5.98. The molecule has 3 rings (SSSR count). The molecule has 0 nitrogen and oxygen atoms in total. The van der Waals surface area contributed by atoms with Crippen molar-refractivity contribution in [1.29, 1.82) is 0 Å². The van der Waals surface area contributed by atoms with Crippen molar-refractivity contribution in [3.63, 3.8) is 0 Å². The Labute approximate surface area is 147 Å². The van der Waals surface area contributed by atoms with Crippen molar-refractivity contribution < 1.29 is 51.0 Å². The van der Waals surface area contributed by atoms with Crippen molar-refractivity contribution in [3.8, 4) is 0 Å². The van der Waals surface area contributed by atoms with Crippen LogP contribution in [0, 0.1) is 11.8 Å². The van der Waals surface area contributed by atoms with Crippen LogP contribution in [0.15, 0.2) is 54.6 Å². The van der Waals surface area contributed by atoms with E-state index in [1.165, 1.54) is 11.1 Å². The summed E-state index contributed by atoms with van der Waals surface area (Å²) < 4.78 is 0. The van der Waals surface area contributed by atoms with Crippen molar-refractivity contribution in [2.45, 2.75) is 12.8 Å². The maximum absolute atomic E-state index is 2.36. The predicted molar refractivity (Wildman–Crippen MR) is 69.2 cm³/mol. The number of benzene rings is 1. The first-order chi connectivity index (χ1) is 7.86. The number of rotatable bonds is 2. The van der Waals surface area contributed by atoms with Crippen LogP contribution in [-0.2, 0) is 26.2 Å². The van der Waals surface area contributed by atoms with Crippen LogP contribution >= 0.6 is 0 Å². The smallest absolute Gasteiger partial charge is 1.00 e. The summed E-state index contributed by atoms with van der Waals surface area (Å²) in [6.45, 7) is 2.35. The zero-order valence-corrected chi connectivity index (χ0v) is 14.7. The molecule has 0 fully saturated rings. The van der Waals surface area contributed by atoms with Crippen LogP contribution < -0.4 is 24.8 Å². The van der Waals surface area contributed by atoms with Crippen LogP contribution in [0.5, 0.6) is 0 Å². The van der Waals surface area contributed by atoms with Crippen molar-refractivity contribution in [3.05, 3.63) is 65.8 Å². The van der Waals surface area contributed by atoms with Crippen LogP contribution in [0.4, 0.5) is 0 Å². The van der Waals surface area contributed by atoms with Gasteiger partial charge >= 0.3 is 26.2 Å². The summed E-state index contributed by atoms with van der Waals surface area (Å²) in [6.07, 6.45) is 13.5. The molecule has 19 heavy (non-hydrogen) atoms. The Morgan fingerprint density at radius 3 is 2.26 bits per heavy atom. The minimum absolute atomic E-state index is 0. The molecule has 0 heterocycles. The van der Waals surface area contributed by atoms with E-state index in [-0.39, 0.29) is 51.0 Å². The minimum atomic E-state index is 0. The SMILES string of the molecule is CC(C1C=CC=C1)C1C=Cc2ccccc21.[Cl-].[Cl-].[Zr+2]. The summed E-state index contributed by atoms with van der Waals surface area (Å²) in [7, 11) is 0. The fourth-order valence-electron chi connectivity index (χ4n) is 2.77. The standard InChI is InChI=1S/C16H16.2ClH.Zr/c1-12(13-6-2-3-7-13)15-11-10-14-8-4-5-9-16(14)15;;;/h2-13,15H,1H3;2*1H;/q;;;+2/p-2. The summed E-state index contributed by atoms with van der Waals surface area (Å²) in [5, 5.41) is 0. The van der Waals surface area contributed by atoms with Gasteiger partial charge in [-0.1, -0.05) is 67.6 Å². The van der Waals surface area contributed by atoms with Crippen molar-refractivity contribution >= 4 is 6.08 Å². The number of hydrogen-bond donors (Lipinski definition) is 0. The summed E-state index contributed by atoms with van der Waals surface area (Å²) in [5.41, 5.74) is 2.88. The molecule has 2 aliphatic carbocycles. The third-order valence-electron chi connectivity index (χ3n) is 3.79. The third-order valence-corrected chi connectivity index (χ3v) is 3.79. The molecule has 0 aliphatic heterocycles. The van der Waals surface area contributed by atoms with E-state index in [1.807, 2.05) is 0 Å². The Hall–Kier alpha value is -0.0969. The van der Waals surface area contributed by atoms with Crippen LogP contribution in [0.1, 0.15) is 24.0 Å². The maximum Gasteiger partial charge on any atom is 2.00 e. The number of halogens is 2. The van der Waals surface area contributed by atoms with Gasteiger partial charge in [0.05, 0.1) is 0 Å². The van der Waals surface area contributed by atoms with Gasteiger partial charge in [-0.25, -0.2) is 0 Å². The van der Waals surface area contributed by atoms with Gasteiger partial charge in [0.15, 0.2) is 0 Å². The largest absolute Gasteiger partial charge is 2.00 e. The molecular weight excluding hydrogens is 354 g/mol. The summed E-state index contributed by atoms with van der Waals surface area (Å²) in [5.74, 6) is 1.82. The second kappa shape index (κ2) is 8.25. The molecule has 0 spiro atoms. The van der Waals surface area contributed by atoms with Gasteiger partial charge in [-0.3, -0.25) is 0 Å². The average molecular weight is 370 g/mol. The molecule has 1 aromatic rings. The van der Waals surface area contributed by atoms with Crippen LogP contribution in [0.3, 0.4) is 0 Å². The van der Waals surface area contributed by atoms with Gasteiger partial charge in [0, 0.05) is 5.92 Å². The topological polar surface area (TPSA) is 0 Å². The van der Waals surface area contributed by atoms with E-state index in [1.54, 1.807) is 0 Å². The zero-order chi connectivity index (χ0) is 11.0. The van der Waals surface area contributed by atoms with Gasteiger partial charge in [-0.2, -0.15) is 0 Å². The van der Waals surface area contributed by atoms with E-state index in [0.29, 0.717) is 17.8 Å². The van der Waals surface area contributed by atoms with Crippen LogP contribution in [-0.4, -0.2) is 0 Å². The molecular formula is C16H16Cl2Zr. The predicted octanol–water partition coefficient (Wildman–Crippen LogP) is -1.82. The maximum atomic E-state index is 2.36. The molecule has 0 amide bonds. The molecule has 3 heteroatoms. The first-order valence-electron chi connectivity index (χ1n) is 5.98. The molecule has 0 radical (unpaired) electrons. The van der Waals surface area contributed by atoms with E-state index in [4.69, 9.17) is 0 Å². The van der Waals surface area contributed by atoms with E-state index in [9.17, 15) is 0 Å². The zero-order valence-electron chi connectivity index (χ0n) is 10.8. The van der Waals surface area contributed by atoms with Gasteiger partial charge in [0.1, 0.15) is 0 Å². The van der Waals surface area contributed by atoms with Crippen molar-refractivity contribution in [1.82, 2.24) is 0 Å². The first kappa shape index (κ1) is 18.9. The molecule has 2 atom stereocenters. The Bertz CT molecular complexity index is 479. The molecule has 1 aromatic carbocycles. The van der Waals surface area contributed by atoms with Gasteiger partial charge in [-0.15, -0.1) is 0 Å². The normalized spacial score (nSPS) is 20.2. The average Bonchev–Trinajstić information content (AvgIpc) is 2.98. The quantitative estimate of drug-likeness (QED) is 0.575. The molecule has 0 saturated heterocycles. The second-order valence-electron chi connectivity index (χ2n) is 4.72. The van der Waals surface area contributed by atoms with Crippen LogP contribution in [0.25, 0.3) is 6.08 Å². The van der Waals surface area contributed by atoms with E-state index < -0.39 is 0 Å². The van der Waals surface area contributed by atoms with Crippen molar-refractivity contribution in [2.24, 2.45) is 11.8 Å². The Balaban J connectivity index is 0.00000108. The Morgan fingerprint density at radius 2 is 1.58 bits per heavy atom. The van der Waals surface area contributed by atoms with Gasteiger partial charge in [0.2, 0.25) is 0 Å². The molecule has 2 aliphatic rings. The van der Waals surface area contributed by atoms with E-state index in [0.717, 1.165) is 0 Å². The van der Waals surface area contributed by atoms with E-state index >= 15 is 0 Å². The summed E-state index contributed by atoms with van der Waals surface area (Å²) >= 11 is 0. The number of fused-ring (bicyclic) bond motifs is 1. The van der Waals surface area contributed by atoms with Crippen molar-refractivity contribution in [2.75, 3.05) is 0 Å².